The van der Waals surface area contributed by atoms with Crippen LogP contribution in [0.15, 0.2) is 4.99 Å². The Morgan fingerprint density at radius 3 is 2.64 bits per heavy atom. The molecule has 0 aromatic rings. The van der Waals surface area contributed by atoms with Gasteiger partial charge in [0.25, 0.3) is 0 Å². The standard InChI is InChI=1S/C19H38N4O2/c1-4-20-19(21-12-8-14-25-15-16(2)3)22-13-11-18(24)23-17-9-6-5-7-10-17/h16-17H,4-15H2,1-3H3,(H,23,24)(H2,20,21,22). The number of ether oxygens (including phenoxy) is 1. The second-order valence-electron chi connectivity index (χ2n) is 7.16. The van der Waals surface area contributed by atoms with Gasteiger partial charge in [-0.3, -0.25) is 9.79 Å². The fourth-order valence-electron chi connectivity index (χ4n) is 2.86. The van der Waals surface area contributed by atoms with Crippen LogP contribution in [-0.4, -0.2) is 50.8 Å². The highest BCUT2D eigenvalue weighted by Crippen LogP contribution is 2.17. The Kier molecular flexibility index (Phi) is 12.1. The number of guanidine groups is 1. The maximum atomic E-state index is 12.0. The Morgan fingerprint density at radius 2 is 1.96 bits per heavy atom. The summed E-state index contributed by atoms with van der Waals surface area (Å²) >= 11 is 0. The lowest BCUT2D eigenvalue weighted by atomic mass is 9.95. The third-order valence-corrected chi connectivity index (χ3v) is 4.13. The number of amides is 1. The number of rotatable bonds is 11. The monoisotopic (exact) mass is 354 g/mol. The SMILES string of the molecule is CCNC(=NCCCOCC(C)C)NCCC(=O)NC1CCCCC1. The lowest BCUT2D eigenvalue weighted by molar-refractivity contribution is -0.121. The summed E-state index contributed by atoms with van der Waals surface area (Å²) in [6.45, 7) is 10.0. The molecule has 1 fully saturated rings. The fraction of sp³-hybridized carbons (Fsp3) is 0.895. The van der Waals surface area contributed by atoms with Crippen molar-refractivity contribution in [3.8, 4) is 0 Å². The van der Waals surface area contributed by atoms with E-state index in [1.54, 1.807) is 0 Å². The number of hydrogen-bond donors (Lipinski definition) is 3. The van der Waals surface area contributed by atoms with Crippen LogP contribution in [0.4, 0.5) is 0 Å². The van der Waals surface area contributed by atoms with Gasteiger partial charge in [0.2, 0.25) is 5.91 Å². The van der Waals surface area contributed by atoms with Gasteiger partial charge in [0.1, 0.15) is 0 Å². The molecule has 0 heterocycles. The molecule has 0 radical (unpaired) electrons. The zero-order valence-electron chi connectivity index (χ0n) is 16.4. The molecule has 0 saturated heterocycles. The van der Waals surface area contributed by atoms with E-state index in [1.807, 2.05) is 6.92 Å². The van der Waals surface area contributed by atoms with Gasteiger partial charge in [-0.2, -0.15) is 0 Å². The van der Waals surface area contributed by atoms with E-state index in [9.17, 15) is 4.79 Å². The first-order chi connectivity index (χ1) is 12.1. The van der Waals surface area contributed by atoms with E-state index < -0.39 is 0 Å². The van der Waals surface area contributed by atoms with Gasteiger partial charge in [-0.05, 0) is 32.1 Å². The number of aliphatic imine (C=N–C) groups is 1. The molecule has 3 N–H and O–H groups in total. The van der Waals surface area contributed by atoms with Crippen molar-refractivity contribution in [3.05, 3.63) is 0 Å². The van der Waals surface area contributed by atoms with E-state index in [1.165, 1.54) is 19.3 Å². The van der Waals surface area contributed by atoms with Gasteiger partial charge in [0.05, 0.1) is 0 Å². The third-order valence-electron chi connectivity index (χ3n) is 4.13. The molecule has 146 valence electrons. The van der Waals surface area contributed by atoms with Gasteiger partial charge < -0.3 is 20.7 Å². The number of carbonyl (C=O) groups excluding carboxylic acids is 1. The highest BCUT2D eigenvalue weighted by Gasteiger charge is 2.15. The van der Waals surface area contributed by atoms with Gasteiger partial charge in [-0.1, -0.05) is 33.1 Å². The summed E-state index contributed by atoms with van der Waals surface area (Å²) in [5, 5.41) is 9.59. The van der Waals surface area contributed by atoms with Crippen molar-refractivity contribution in [1.29, 1.82) is 0 Å². The predicted octanol–water partition coefficient (Wildman–Crippen LogP) is 2.44. The summed E-state index contributed by atoms with van der Waals surface area (Å²) in [5.74, 6) is 1.48. The van der Waals surface area contributed by atoms with Crippen molar-refractivity contribution in [2.24, 2.45) is 10.9 Å². The van der Waals surface area contributed by atoms with Gasteiger partial charge >= 0.3 is 0 Å². The summed E-state index contributed by atoms with van der Waals surface area (Å²) in [7, 11) is 0. The average molecular weight is 355 g/mol. The van der Waals surface area contributed by atoms with Crippen LogP contribution in [0.25, 0.3) is 0 Å². The van der Waals surface area contributed by atoms with Crippen molar-refractivity contribution < 1.29 is 9.53 Å². The Hall–Kier alpha value is -1.30. The van der Waals surface area contributed by atoms with Gasteiger partial charge in [-0.25, -0.2) is 0 Å². The molecule has 1 aliphatic rings. The van der Waals surface area contributed by atoms with Crippen molar-refractivity contribution in [2.75, 3.05) is 32.8 Å². The second kappa shape index (κ2) is 13.9. The summed E-state index contributed by atoms with van der Waals surface area (Å²) < 4.78 is 5.56. The van der Waals surface area contributed by atoms with E-state index in [2.05, 4.69) is 34.8 Å². The first kappa shape index (κ1) is 21.7. The summed E-state index contributed by atoms with van der Waals surface area (Å²) in [6, 6.07) is 0.383. The largest absolute Gasteiger partial charge is 0.381 e. The normalized spacial score (nSPS) is 16.1. The molecular weight excluding hydrogens is 316 g/mol. The van der Waals surface area contributed by atoms with E-state index in [0.29, 0.717) is 24.9 Å². The van der Waals surface area contributed by atoms with E-state index in [-0.39, 0.29) is 5.91 Å². The Labute approximate surface area is 153 Å². The van der Waals surface area contributed by atoms with Crippen molar-refractivity contribution >= 4 is 11.9 Å². The minimum absolute atomic E-state index is 0.136. The maximum Gasteiger partial charge on any atom is 0.221 e. The fourth-order valence-corrected chi connectivity index (χ4v) is 2.86. The van der Waals surface area contributed by atoms with Crippen molar-refractivity contribution in [2.45, 2.75) is 71.8 Å². The topological polar surface area (TPSA) is 74.8 Å². The summed E-state index contributed by atoms with van der Waals surface area (Å²) in [6.07, 6.45) is 7.43. The van der Waals surface area contributed by atoms with Crippen LogP contribution >= 0.6 is 0 Å². The molecule has 1 aliphatic carbocycles. The van der Waals surface area contributed by atoms with Crippen molar-refractivity contribution in [3.63, 3.8) is 0 Å². The minimum atomic E-state index is 0.136. The van der Waals surface area contributed by atoms with Crippen LogP contribution in [0.5, 0.6) is 0 Å². The van der Waals surface area contributed by atoms with Gasteiger partial charge in [-0.15, -0.1) is 0 Å². The maximum absolute atomic E-state index is 12.0. The lowest BCUT2D eigenvalue weighted by Gasteiger charge is -2.22. The third kappa shape index (κ3) is 11.8. The van der Waals surface area contributed by atoms with E-state index in [4.69, 9.17) is 4.74 Å². The quantitative estimate of drug-likeness (QED) is 0.303. The van der Waals surface area contributed by atoms with E-state index in [0.717, 1.165) is 51.5 Å². The highest BCUT2D eigenvalue weighted by molar-refractivity contribution is 5.81. The number of nitrogens with zero attached hydrogens (tertiary/aromatic N) is 1. The second-order valence-corrected chi connectivity index (χ2v) is 7.16. The highest BCUT2D eigenvalue weighted by atomic mass is 16.5. The van der Waals surface area contributed by atoms with Crippen LogP contribution in [0.3, 0.4) is 0 Å². The minimum Gasteiger partial charge on any atom is -0.381 e. The first-order valence-electron chi connectivity index (χ1n) is 10.0. The smallest absolute Gasteiger partial charge is 0.221 e. The van der Waals surface area contributed by atoms with E-state index >= 15 is 0 Å². The molecule has 0 aromatic carbocycles. The molecule has 1 amide bonds. The first-order valence-corrected chi connectivity index (χ1v) is 10.0. The van der Waals surface area contributed by atoms with Crippen LogP contribution in [0, 0.1) is 5.92 Å². The molecule has 6 heteroatoms. The molecule has 6 nitrogen and oxygen atoms in total. The van der Waals surface area contributed by atoms with Crippen LogP contribution in [0.1, 0.15) is 65.7 Å². The van der Waals surface area contributed by atoms with Crippen LogP contribution < -0.4 is 16.0 Å². The molecule has 0 atom stereocenters. The van der Waals surface area contributed by atoms with Crippen LogP contribution in [0.2, 0.25) is 0 Å². The zero-order valence-corrected chi connectivity index (χ0v) is 16.4. The predicted molar refractivity (Wildman–Crippen MR) is 104 cm³/mol. The molecule has 0 bridgehead atoms. The molecule has 0 aliphatic heterocycles. The van der Waals surface area contributed by atoms with Gasteiger partial charge in [0.15, 0.2) is 5.96 Å². The molecule has 0 spiro atoms. The zero-order chi connectivity index (χ0) is 18.3. The number of carbonyl (C=O) groups is 1. The molecule has 0 unspecified atom stereocenters. The number of nitrogens with one attached hydrogen (secondary N) is 3. The molecule has 25 heavy (non-hydrogen) atoms. The molecule has 0 aromatic heterocycles. The molecule has 1 rings (SSSR count). The summed E-state index contributed by atoms with van der Waals surface area (Å²) in [5.41, 5.74) is 0. The Bertz CT molecular complexity index is 380. The number of hydrogen-bond acceptors (Lipinski definition) is 3. The summed E-state index contributed by atoms with van der Waals surface area (Å²) in [4.78, 5) is 16.5. The Morgan fingerprint density at radius 1 is 1.20 bits per heavy atom. The lowest BCUT2D eigenvalue weighted by Crippen LogP contribution is -2.41. The molecule has 1 saturated carbocycles. The molecular formula is C19H38N4O2. The Balaban J connectivity index is 2.15. The van der Waals surface area contributed by atoms with Crippen LogP contribution in [-0.2, 0) is 9.53 Å². The van der Waals surface area contributed by atoms with Gasteiger partial charge in [0, 0.05) is 45.3 Å². The van der Waals surface area contributed by atoms with Crippen molar-refractivity contribution in [1.82, 2.24) is 16.0 Å². The average Bonchev–Trinajstić information content (AvgIpc) is 2.58.